The highest BCUT2D eigenvalue weighted by Crippen LogP contribution is 2.37. The Labute approximate surface area is 254 Å². The fraction of sp³-hybridized carbons (Fsp3) is 0.414. The van der Waals surface area contributed by atoms with Gasteiger partial charge in [-0.1, -0.05) is 23.7 Å². The highest BCUT2D eigenvalue weighted by molar-refractivity contribution is 6.30. The molecule has 2 bridgehead atoms. The summed E-state index contributed by atoms with van der Waals surface area (Å²) in [5.41, 5.74) is 3.97. The lowest BCUT2D eigenvalue weighted by atomic mass is 9.86. The SMILES string of the molecule is CN1CCN(C(=O)Cn2cc(Nc3nc4c(N5CC6CC(C5)N6Cc5ccc(Cl)cc5)cccn4n3)cn2)CC1.O=CO. The minimum absolute atomic E-state index is 0.0876. The molecule has 14 heteroatoms. The summed E-state index contributed by atoms with van der Waals surface area (Å²) in [7, 11) is 2.08. The fourth-order valence-corrected chi connectivity index (χ4v) is 6.20. The third kappa shape index (κ3) is 6.43. The fourth-order valence-electron chi connectivity index (χ4n) is 6.07. The van der Waals surface area contributed by atoms with E-state index in [2.05, 4.69) is 55.5 Å². The topological polar surface area (TPSA) is 127 Å². The lowest BCUT2D eigenvalue weighted by Gasteiger charge is -2.57. The summed E-state index contributed by atoms with van der Waals surface area (Å²) >= 11 is 6.07. The molecule has 13 nitrogen and oxygen atoms in total. The number of fused-ring (bicyclic) bond motifs is 3. The number of likely N-dealkylation sites (N-methyl/N-ethyl adjacent to an activating group) is 1. The van der Waals surface area contributed by atoms with Crippen LogP contribution in [-0.2, 0) is 22.7 Å². The minimum atomic E-state index is -0.250. The molecule has 8 rings (SSSR count). The lowest BCUT2D eigenvalue weighted by molar-refractivity contribution is -0.133. The molecule has 2 N–H and O–H groups in total. The van der Waals surface area contributed by atoms with E-state index < -0.39 is 0 Å². The maximum atomic E-state index is 12.7. The number of benzene rings is 1. The maximum Gasteiger partial charge on any atom is 0.290 e. The molecule has 0 spiro atoms. The molecule has 4 aliphatic heterocycles. The van der Waals surface area contributed by atoms with Gasteiger partial charge in [-0.3, -0.25) is 19.2 Å². The van der Waals surface area contributed by atoms with Crippen molar-refractivity contribution in [3.63, 3.8) is 0 Å². The van der Waals surface area contributed by atoms with Crippen molar-refractivity contribution < 1.29 is 14.7 Å². The van der Waals surface area contributed by atoms with Crippen LogP contribution in [0, 0.1) is 0 Å². The molecule has 226 valence electrons. The summed E-state index contributed by atoms with van der Waals surface area (Å²) in [6.45, 7) is 6.18. The summed E-state index contributed by atoms with van der Waals surface area (Å²) < 4.78 is 3.49. The van der Waals surface area contributed by atoms with E-state index in [0.29, 0.717) is 18.0 Å². The molecule has 43 heavy (non-hydrogen) atoms. The molecule has 4 fully saturated rings. The van der Waals surface area contributed by atoms with Crippen molar-refractivity contribution in [3.05, 3.63) is 65.6 Å². The van der Waals surface area contributed by atoms with Crippen molar-refractivity contribution in [2.75, 3.05) is 56.5 Å². The van der Waals surface area contributed by atoms with E-state index >= 15 is 0 Å². The van der Waals surface area contributed by atoms with Gasteiger partial charge >= 0.3 is 0 Å². The Bertz CT molecular complexity index is 1550. The van der Waals surface area contributed by atoms with Crippen LogP contribution < -0.4 is 10.2 Å². The van der Waals surface area contributed by atoms with E-state index in [0.717, 1.165) is 67.9 Å². The predicted molar refractivity (Wildman–Crippen MR) is 163 cm³/mol. The summed E-state index contributed by atoms with van der Waals surface area (Å²) in [5.74, 6) is 0.591. The number of aromatic nitrogens is 5. The number of halogens is 1. The first kappa shape index (κ1) is 28.9. The average molecular weight is 607 g/mol. The smallest absolute Gasteiger partial charge is 0.290 e. The molecule has 4 aliphatic rings. The molecule has 2 atom stereocenters. The normalized spacial score (nSPS) is 20.3. The predicted octanol–water partition coefficient (Wildman–Crippen LogP) is 2.26. The highest BCUT2D eigenvalue weighted by atomic mass is 35.5. The van der Waals surface area contributed by atoms with E-state index in [1.165, 1.54) is 12.0 Å². The Hall–Kier alpha value is -4.20. The van der Waals surface area contributed by atoms with Gasteiger partial charge in [0.05, 0.1) is 17.6 Å². The van der Waals surface area contributed by atoms with Crippen LogP contribution in [0.5, 0.6) is 0 Å². The molecular weight excluding hydrogens is 572 g/mol. The maximum absolute atomic E-state index is 12.7. The van der Waals surface area contributed by atoms with Gasteiger partial charge in [0.25, 0.3) is 6.47 Å². The lowest BCUT2D eigenvalue weighted by Crippen LogP contribution is -2.68. The van der Waals surface area contributed by atoms with Crippen LogP contribution in [0.2, 0.25) is 5.02 Å². The number of pyridine rings is 1. The zero-order chi connectivity index (χ0) is 29.9. The number of piperazine rings is 2. The number of anilines is 3. The first-order chi connectivity index (χ1) is 20.9. The number of carboxylic acid groups (broad SMARTS) is 1. The second-order valence-corrected chi connectivity index (χ2v) is 11.6. The van der Waals surface area contributed by atoms with Crippen LogP contribution in [0.1, 0.15) is 12.0 Å². The van der Waals surface area contributed by atoms with Crippen LogP contribution in [0.4, 0.5) is 17.3 Å². The summed E-state index contributed by atoms with van der Waals surface area (Å²) in [5, 5.41) is 20.0. The zero-order valence-electron chi connectivity index (χ0n) is 24.0. The molecule has 4 saturated heterocycles. The first-order valence-electron chi connectivity index (χ1n) is 14.3. The molecule has 3 aromatic heterocycles. The second kappa shape index (κ2) is 12.6. The van der Waals surface area contributed by atoms with E-state index in [1.54, 1.807) is 10.9 Å². The standard InChI is InChI=1S/C28H33ClN10O.CH2O2/c1-34-9-11-35(12-10-34)26(40)19-37-16-22(14-30-37)31-28-32-27-25(3-2-8-39(27)33-28)36-17-23-13-24(18-36)38(23)15-20-4-6-21(29)7-5-20;2-1-3/h2-8,14,16,23-24H,9-13,15,17-19H2,1H3,(H,31,33);1H,(H,2,3). The van der Waals surface area contributed by atoms with Crippen LogP contribution in [0.25, 0.3) is 5.65 Å². The van der Waals surface area contributed by atoms with E-state index in [9.17, 15) is 4.79 Å². The summed E-state index contributed by atoms with van der Waals surface area (Å²) in [6.07, 6.45) is 6.69. The number of carbonyl (C=O) groups excluding carboxylic acids is 1. The molecule has 0 radical (unpaired) electrons. The van der Waals surface area contributed by atoms with Gasteiger partial charge in [0.1, 0.15) is 6.54 Å². The van der Waals surface area contributed by atoms with Crippen LogP contribution in [-0.4, -0.2) is 115 Å². The zero-order valence-corrected chi connectivity index (χ0v) is 24.7. The Morgan fingerprint density at radius 2 is 1.84 bits per heavy atom. The van der Waals surface area contributed by atoms with Crippen LogP contribution in [0.3, 0.4) is 0 Å². The largest absolute Gasteiger partial charge is 0.483 e. The van der Waals surface area contributed by atoms with Gasteiger partial charge in [0.2, 0.25) is 11.9 Å². The van der Waals surface area contributed by atoms with Crippen LogP contribution in [0.15, 0.2) is 55.0 Å². The number of hydrogen-bond donors (Lipinski definition) is 2. The van der Waals surface area contributed by atoms with Crippen molar-refractivity contribution >= 4 is 47.0 Å². The van der Waals surface area contributed by atoms with Crippen molar-refractivity contribution in [2.45, 2.75) is 31.6 Å². The van der Waals surface area contributed by atoms with Crippen molar-refractivity contribution in [1.82, 2.24) is 39.1 Å². The van der Waals surface area contributed by atoms with E-state index in [1.807, 2.05) is 40.0 Å². The Morgan fingerprint density at radius 1 is 1.12 bits per heavy atom. The van der Waals surface area contributed by atoms with E-state index in [-0.39, 0.29) is 18.9 Å². The number of nitrogens with one attached hydrogen (secondary N) is 1. The molecule has 1 amide bonds. The van der Waals surface area contributed by atoms with Gasteiger partial charge in [0, 0.05) is 75.3 Å². The monoisotopic (exact) mass is 606 g/mol. The quantitative estimate of drug-likeness (QED) is 0.302. The number of amides is 1. The van der Waals surface area contributed by atoms with Crippen molar-refractivity contribution in [1.29, 1.82) is 0 Å². The molecule has 1 aromatic carbocycles. The van der Waals surface area contributed by atoms with E-state index in [4.69, 9.17) is 26.5 Å². The first-order valence-corrected chi connectivity index (χ1v) is 14.7. The van der Waals surface area contributed by atoms with Gasteiger partial charge in [-0.2, -0.15) is 10.1 Å². The van der Waals surface area contributed by atoms with Crippen molar-refractivity contribution in [3.8, 4) is 0 Å². The number of piperidine rings is 1. The van der Waals surface area contributed by atoms with Gasteiger partial charge < -0.3 is 25.1 Å². The number of rotatable bonds is 7. The number of hydrogen-bond acceptors (Lipinski definition) is 9. The molecule has 4 aromatic rings. The van der Waals surface area contributed by atoms with Gasteiger partial charge in [-0.05, 0) is 43.3 Å². The highest BCUT2D eigenvalue weighted by Gasteiger charge is 2.44. The van der Waals surface area contributed by atoms with Gasteiger partial charge in [0.15, 0.2) is 5.65 Å². The summed E-state index contributed by atoms with van der Waals surface area (Å²) in [4.78, 5) is 35.0. The third-order valence-corrected chi connectivity index (χ3v) is 8.60. The van der Waals surface area contributed by atoms with Gasteiger partial charge in [-0.25, -0.2) is 4.52 Å². The molecule has 0 aliphatic carbocycles. The molecule has 2 unspecified atom stereocenters. The molecule has 0 saturated carbocycles. The van der Waals surface area contributed by atoms with Crippen LogP contribution >= 0.6 is 11.6 Å². The Balaban J connectivity index is 0.00000105. The number of nitrogens with zero attached hydrogens (tertiary/aromatic N) is 9. The average Bonchev–Trinajstić information content (AvgIpc) is 3.63. The third-order valence-electron chi connectivity index (χ3n) is 8.35. The number of carbonyl (C=O) groups is 2. The minimum Gasteiger partial charge on any atom is -0.483 e. The van der Waals surface area contributed by atoms with Crippen molar-refractivity contribution in [2.24, 2.45) is 0 Å². The van der Waals surface area contributed by atoms with Gasteiger partial charge in [-0.15, -0.1) is 5.10 Å². The molecule has 7 heterocycles. The Morgan fingerprint density at radius 3 is 2.56 bits per heavy atom. The second-order valence-electron chi connectivity index (χ2n) is 11.2. The summed E-state index contributed by atoms with van der Waals surface area (Å²) in [6, 6.07) is 13.4. The molecular formula is C29H35ClN10O3. The Kier molecular flexibility index (Phi) is 8.45.